The fourth-order valence-electron chi connectivity index (χ4n) is 9.22. The molecule has 0 aliphatic heterocycles. The van der Waals surface area contributed by atoms with Crippen LogP contribution in [0.15, 0.2) is 170 Å². The molecule has 0 aliphatic rings. The molecule has 16 heteroatoms. The second kappa shape index (κ2) is 22.0. The first-order valence-corrected chi connectivity index (χ1v) is 24.3. The quantitative estimate of drug-likeness (QED) is 0.0382. The topological polar surface area (TPSA) is 230 Å². The molecule has 10 aromatic rings. The fourth-order valence-corrected chi connectivity index (χ4v) is 9.22. The number of ether oxygens (including phenoxy) is 3. The van der Waals surface area contributed by atoms with E-state index in [1.54, 1.807) is 79.1 Å². The molecule has 0 unspecified atom stereocenters. The van der Waals surface area contributed by atoms with E-state index >= 15 is 4.79 Å². The maximum atomic E-state index is 15.1. The molecule has 0 spiro atoms. The molecular weight excluding hydrogens is 951 g/mol. The first-order chi connectivity index (χ1) is 36.6. The van der Waals surface area contributed by atoms with Crippen LogP contribution >= 0.6 is 0 Å². The zero-order valence-corrected chi connectivity index (χ0v) is 40.6. The van der Waals surface area contributed by atoms with Crippen molar-refractivity contribution in [1.82, 2.24) is 35.9 Å². The monoisotopic (exact) mass is 1000 g/mol. The number of pyridine rings is 1. The number of para-hydroxylation sites is 3. The van der Waals surface area contributed by atoms with Crippen LogP contribution < -0.4 is 20.7 Å². The molecule has 0 aliphatic carbocycles. The van der Waals surface area contributed by atoms with Crippen LogP contribution in [0.1, 0.15) is 39.2 Å². The molecule has 0 saturated heterocycles. The average molecular weight is 1000 g/mol. The van der Waals surface area contributed by atoms with Crippen LogP contribution in [0.5, 0.6) is 11.5 Å². The Morgan fingerprint density at radius 3 is 1.72 bits per heavy atom. The third-order valence-electron chi connectivity index (χ3n) is 13.1. The van der Waals surface area contributed by atoms with Crippen LogP contribution in [0.2, 0.25) is 0 Å². The minimum Gasteiger partial charge on any atom is -0.504 e. The second-order valence-electron chi connectivity index (χ2n) is 18.1. The number of fused-ring (bicyclic) bond motifs is 5. The number of aromatic amines is 3. The van der Waals surface area contributed by atoms with Gasteiger partial charge in [0.25, 0.3) is 5.91 Å². The Bertz CT molecular complexity index is 3720. The maximum Gasteiger partial charge on any atom is 0.329 e. The van der Waals surface area contributed by atoms with Gasteiger partial charge in [-0.25, -0.2) is 9.78 Å². The Balaban J connectivity index is 0.986. The number of nitrogens with zero attached hydrogens (tertiary/aromatic N) is 1. The molecule has 0 radical (unpaired) electrons. The van der Waals surface area contributed by atoms with Gasteiger partial charge in [0.15, 0.2) is 11.5 Å². The zero-order chi connectivity index (χ0) is 51.8. The summed E-state index contributed by atoms with van der Waals surface area (Å²) in [6.07, 6.45) is 2.83. The number of benzene rings is 6. The van der Waals surface area contributed by atoms with E-state index in [-0.39, 0.29) is 43.2 Å². The number of hydrogen-bond acceptors (Lipinski definition) is 10. The maximum absolute atomic E-state index is 15.1. The SMILES string of the molecule is COc1cc(-c2nc(C(=O)N[C@@H](Cc3c[nH]c4ccccc34)C(=O)N[C@@H](Cc3c[nH]c4ccccc34)C(=O)N[C@@H](CC(=O)OCc3ccccc3)C(=O)OCc3ccccc3)cc3c2[nH]c2ccccc23)ccc1O. The molecule has 3 atom stereocenters. The van der Waals surface area contributed by atoms with E-state index in [0.29, 0.717) is 38.9 Å². The number of carbonyl (C=O) groups excluding carboxylic acids is 5. The summed E-state index contributed by atoms with van der Waals surface area (Å²) in [5.74, 6) is -3.76. The summed E-state index contributed by atoms with van der Waals surface area (Å²) in [6.45, 7) is -0.206. The van der Waals surface area contributed by atoms with Crippen molar-refractivity contribution in [2.75, 3.05) is 7.11 Å². The highest BCUT2D eigenvalue weighted by atomic mass is 16.5. The predicted octanol–water partition coefficient (Wildman–Crippen LogP) is 8.49. The molecule has 6 aromatic carbocycles. The van der Waals surface area contributed by atoms with E-state index in [1.165, 1.54) is 13.2 Å². The summed E-state index contributed by atoms with van der Waals surface area (Å²) >= 11 is 0. The fraction of sp³-hybridized carbons (Fsp3) is 0.153. The molecular formula is C59H51N7O9. The number of esters is 2. The Morgan fingerprint density at radius 1 is 0.573 bits per heavy atom. The van der Waals surface area contributed by atoms with E-state index in [1.807, 2.05) is 84.9 Å². The standard InChI is InChI=1S/C59H51N7O9/c1-73-52-28-37(24-25-51(52)67)54-55-43(42-20-10-13-23-46(42)62-55)29-49(63-54)58(71)65-47(26-38-31-60-44-21-11-8-18-40(38)44)56(69)64-48(27-39-32-61-45-22-12-9-19-41(39)45)57(70)66-50(59(72)75-34-36-16-6-3-7-17-36)30-53(68)74-33-35-14-4-2-5-15-35/h2-25,28-29,31-32,47-48,50,60-62,67H,26-27,30,33-34H2,1H3,(H,64,69)(H,65,71)(H,66,70)/t47-,48-,50-/m0/s1. The lowest BCUT2D eigenvalue weighted by atomic mass is 10.0. The minimum atomic E-state index is -1.53. The van der Waals surface area contributed by atoms with Gasteiger partial charge in [0, 0.05) is 68.9 Å². The number of aromatic hydroxyl groups is 1. The van der Waals surface area contributed by atoms with E-state index in [0.717, 1.165) is 38.3 Å². The number of aromatic nitrogens is 4. The van der Waals surface area contributed by atoms with E-state index < -0.39 is 54.2 Å². The number of phenols is 1. The summed E-state index contributed by atoms with van der Waals surface area (Å²) in [4.78, 5) is 87.0. The van der Waals surface area contributed by atoms with E-state index in [9.17, 15) is 24.3 Å². The molecule has 10 rings (SSSR count). The van der Waals surface area contributed by atoms with Gasteiger partial charge in [0.2, 0.25) is 11.8 Å². The lowest BCUT2D eigenvalue weighted by molar-refractivity contribution is -0.155. The number of rotatable bonds is 19. The third-order valence-corrected chi connectivity index (χ3v) is 13.1. The van der Waals surface area contributed by atoms with Crippen LogP contribution in [-0.4, -0.2) is 79.9 Å². The Labute approximate surface area is 429 Å². The number of phenolic OH excluding ortho intramolecular Hbond substituents is 1. The van der Waals surface area contributed by atoms with E-state index in [4.69, 9.17) is 19.2 Å². The number of methoxy groups -OCH3 is 1. The number of H-pyrrole nitrogens is 3. The van der Waals surface area contributed by atoms with Gasteiger partial charge in [-0.15, -0.1) is 0 Å². The van der Waals surface area contributed by atoms with Gasteiger partial charge in [-0.1, -0.05) is 115 Å². The highest BCUT2D eigenvalue weighted by Gasteiger charge is 2.34. The van der Waals surface area contributed by atoms with Crippen molar-refractivity contribution in [3.8, 4) is 22.8 Å². The molecule has 16 nitrogen and oxygen atoms in total. The normalized spacial score (nSPS) is 12.5. The summed E-state index contributed by atoms with van der Waals surface area (Å²) in [6, 6.07) is 42.8. The first-order valence-electron chi connectivity index (χ1n) is 24.3. The highest BCUT2D eigenvalue weighted by molar-refractivity contribution is 6.13. The smallest absolute Gasteiger partial charge is 0.329 e. The Kier molecular flexibility index (Phi) is 14.3. The lowest BCUT2D eigenvalue weighted by Gasteiger charge is -2.25. The highest BCUT2D eigenvalue weighted by Crippen LogP contribution is 2.36. The molecule has 4 aromatic heterocycles. The Morgan fingerprint density at radius 2 is 1.11 bits per heavy atom. The van der Waals surface area contributed by atoms with Crippen LogP contribution in [0.4, 0.5) is 0 Å². The molecule has 0 bridgehead atoms. The van der Waals surface area contributed by atoms with Crippen molar-refractivity contribution in [2.45, 2.75) is 50.6 Å². The van der Waals surface area contributed by atoms with Gasteiger partial charge in [-0.2, -0.15) is 0 Å². The lowest BCUT2D eigenvalue weighted by Crippen LogP contribution is -2.57. The third kappa shape index (κ3) is 11.0. The second-order valence-corrected chi connectivity index (χ2v) is 18.1. The van der Waals surface area contributed by atoms with Crippen LogP contribution in [0.25, 0.3) is 54.9 Å². The van der Waals surface area contributed by atoms with Crippen LogP contribution in [0.3, 0.4) is 0 Å². The van der Waals surface area contributed by atoms with Crippen molar-refractivity contribution in [3.63, 3.8) is 0 Å². The molecule has 0 saturated carbocycles. The van der Waals surface area contributed by atoms with Crippen molar-refractivity contribution >= 4 is 73.3 Å². The molecule has 4 heterocycles. The van der Waals surface area contributed by atoms with Gasteiger partial charge in [0.05, 0.1) is 24.7 Å². The van der Waals surface area contributed by atoms with Crippen molar-refractivity contribution in [2.24, 2.45) is 0 Å². The van der Waals surface area contributed by atoms with Gasteiger partial charge >= 0.3 is 11.9 Å². The summed E-state index contributed by atoms with van der Waals surface area (Å²) in [5, 5.41) is 22.2. The minimum absolute atomic E-state index is 0.0184. The number of nitrogens with one attached hydrogen (secondary N) is 6. The molecule has 376 valence electrons. The van der Waals surface area contributed by atoms with Gasteiger partial charge in [0.1, 0.15) is 37.0 Å². The first kappa shape index (κ1) is 48.9. The number of hydrogen-bond donors (Lipinski definition) is 7. The summed E-state index contributed by atoms with van der Waals surface area (Å²) in [5.41, 5.74) is 6.72. The molecule has 75 heavy (non-hydrogen) atoms. The molecule has 0 fully saturated rings. The van der Waals surface area contributed by atoms with Crippen molar-refractivity contribution < 1.29 is 43.3 Å². The largest absolute Gasteiger partial charge is 0.504 e. The van der Waals surface area contributed by atoms with Crippen LogP contribution in [-0.2, 0) is 54.7 Å². The summed E-state index contributed by atoms with van der Waals surface area (Å²) in [7, 11) is 1.44. The summed E-state index contributed by atoms with van der Waals surface area (Å²) < 4.78 is 16.6. The zero-order valence-electron chi connectivity index (χ0n) is 40.6. The molecule has 7 N–H and O–H groups in total. The van der Waals surface area contributed by atoms with Crippen molar-refractivity contribution in [1.29, 1.82) is 0 Å². The van der Waals surface area contributed by atoms with Crippen LogP contribution in [0, 0.1) is 0 Å². The van der Waals surface area contributed by atoms with Crippen molar-refractivity contribution in [3.05, 3.63) is 198 Å². The van der Waals surface area contributed by atoms with Gasteiger partial charge in [-0.05, 0) is 64.7 Å². The number of amides is 3. The van der Waals surface area contributed by atoms with Gasteiger partial charge in [-0.3, -0.25) is 19.2 Å². The predicted molar refractivity (Wildman–Crippen MR) is 283 cm³/mol. The van der Waals surface area contributed by atoms with E-state index in [2.05, 4.69) is 30.9 Å². The Hall–Kier alpha value is -9.70. The van der Waals surface area contributed by atoms with Gasteiger partial charge < -0.3 is 50.2 Å². The number of carbonyl (C=O) groups is 5. The molecule has 3 amide bonds. The average Bonchev–Trinajstić information content (AvgIpc) is 4.17.